The van der Waals surface area contributed by atoms with Crippen LogP contribution >= 0.6 is 0 Å². The van der Waals surface area contributed by atoms with Crippen LogP contribution in [-0.2, 0) is 9.47 Å². The molecule has 1 saturated carbocycles. The van der Waals surface area contributed by atoms with Gasteiger partial charge in [0, 0.05) is 26.3 Å². The molecule has 0 aromatic rings. The van der Waals surface area contributed by atoms with E-state index < -0.39 is 0 Å². The van der Waals surface area contributed by atoms with Crippen LogP contribution in [0.3, 0.4) is 0 Å². The molecule has 4 heteroatoms. The minimum Gasteiger partial charge on any atom is -0.380 e. The van der Waals surface area contributed by atoms with Crippen molar-refractivity contribution in [3.8, 4) is 0 Å². The lowest BCUT2D eigenvalue weighted by molar-refractivity contribution is 0.0612. The van der Waals surface area contributed by atoms with Crippen LogP contribution in [0.4, 0.5) is 0 Å². The number of nitrogens with zero attached hydrogens (tertiary/aromatic N) is 1. The zero-order valence-electron chi connectivity index (χ0n) is 12.8. The number of ether oxygens (including phenoxy) is 2. The molecule has 0 aromatic carbocycles. The molecule has 1 aliphatic carbocycles. The Morgan fingerprint density at radius 1 is 1.00 bits per heavy atom. The van der Waals surface area contributed by atoms with Gasteiger partial charge in [-0.3, -0.25) is 4.90 Å². The smallest absolute Gasteiger partial charge is 0.0593 e. The summed E-state index contributed by atoms with van der Waals surface area (Å²) in [5.41, 5.74) is 6.37. The average molecular weight is 272 g/mol. The molecule has 0 amide bonds. The fraction of sp³-hybridized carbons (Fsp3) is 1.00. The summed E-state index contributed by atoms with van der Waals surface area (Å²) in [6.07, 6.45) is 5.21. The van der Waals surface area contributed by atoms with Gasteiger partial charge in [0.25, 0.3) is 0 Å². The molecule has 1 rings (SSSR count). The Labute approximate surface area is 118 Å². The molecule has 0 atom stereocenters. The van der Waals surface area contributed by atoms with Crippen molar-refractivity contribution in [1.82, 2.24) is 4.90 Å². The second-order valence-electron chi connectivity index (χ2n) is 5.54. The number of rotatable bonds is 12. The second-order valence-corrected chi connectivity index (χ2v) is 5.54. The van der Waals surface area contributed by atoms with E-state index in [0.29, 0.717) is 5.41 Å². The molecule has 1 fully saturated rings. The van der Waals surface area contributed by atoms with E-state index in [4.69, 9.17) is 15.2 Å². The van der Waals surface area contributed by atoms with Gasteiger partial charge in [-0.25, -0.2) is 0 Å². The van der Waals surface area contributed by atoms with Gasteiger partial charge in [0.2, 0.25) is 0 Å². The number of hydrogen-bond acceptors (Lipinski definition) is 4. The van der Waals surface area contributed by atoms with Gasteiger partial charge in [-0.2, -0.15) is 0 Å². The molecule has 0 radical (unpaired) electrons. The van der Waals surface area contributed by atoms with Crippen molar-refractivity contribution in [2.75, 3.05) is 52.6 Å². The Morgan fingerprint density at radius 2 is 1.58 bits per heavy atom. The average Bonchev–Trinajstić information content (AvgIpc) is 2.38. The molecule has 4 nitrogen and oxygen atoms in total. The molecular formula is C15H32N2O2. The molecule has 0 aromatic heterocycles. The fourth-order valence-corrected chi connectivity index (χ4v) is 2.64. The van der Waals surface area contributed by atoms with Crippen molar-refractivity contribution in [3.05, 3.63) is 0 Å². The molecule has 0 unspecified atom stereocenters. The van der Waals surface area contributed by atoms with E-state index in [-0.39, 0.29) is 0 Å². The van der Waals surface area contributed by atoms with Crippen LogP contribution in [0.1, 0.15) is 39.5 Å². The van der Waals surface area contributed by atoms with Crippen LogP contribution in [0.5, 0.6) is 0 Å². The maximum atomic E-state index is 5.93. The highest BCUT2D eigenvalue weighted by atomic mass is 16.5. The summed E-state index contributed by atoms with van der Waals surface area (Å²) in [5.74, 6) is 0. The number of hydrogen-bond donors (Lipinski definition) is 1. The summed E-state index contributed by atoms with van der Waals surface area (Å²) in [5, 5.41) is 0. The highest BCUT2D eigenvalue weighted by molar-refractivity contribution is 4.89. The highest BCUT2D eigenvalue weighted by Gasteiger charge is 2.35. The normalized spacial score (nSPS) is 17.7. The largest absolute Gasteiger partial charge is 0.380 e. The van der Waals surface area contributed by atoms with Crippen LogP contribution < -0.4 is 5.73 Å². The summed E-state index contributed by atoms with van der Waals surface area (Å²) in [6, 6.07) is 0. The molecule has 19 heavy (non-hydrogen) atoms. The van der Waals surface area contributed by atoms with Crippen molar-refractivity contribution in [2.24, 2.45) is 11.1 Å². The van der Waals surface area contributed by atoms with Crippen molar-refractivity contribution in [3.63, 3.8) is 0 Å². The fourth-order valence-electron chi connectivity index (χ4n) is 2.64. The maximum Gasteiger partial charge on any atom is 0.0593 e. The van der Waals surface area contributed by atoms with Crippen LogP contribution in [-0.4, -0.2) is 57.5 Å². The second kappa shape index (κ2) is 9.70. The van der Waals surface area contributed by atoms with Crippen LogP contribution in [0, 0.1) is 5.41 Å². The summed E-state index contributed by atoms with van der Waals surface area (Å²) in [6.45, 7) is 11.3. The molecule has 0 saturated heterocycles. The van der Waals surface area contributed by atoms with Crippen molar-refractivity contribution in [1.29, 1.82) is 0 Å². The first kappa shape index (κ1) is 16.9. The third-order valence-corrected chi connectivity index (χ3v) is 4.32. The van der Waals surface area contributed by atoms with Gasteiger partial charge in [0.05, 0.1) is 13.2 Å². The first-order valence-corrected chi connectivity index (χ1v) is 7.84. The Bertz CT molecular complexity index is 205. The molecular weight excluding hydrogens is 240 g/mol. The molecule has 1 aliphatic rings. The Balaban J connectivity index is 2.25. The highest BCUT2D eigenvalue weighted by Crippen LogP contribution is 2.42. The van der Waals surface area contributed by atoms with Gasteiger partial charge in [-0.15, -0.1) is 0 Å². The SMILES string of the molecule is CCOCCN(CCOCC)CCC1(CN)CCC1. The number of nitrogens with two attached hydrogens (primary N) is 1. The summed E-state index contributed by atoms with van der Waals surface area (Å²) < 4.78 is 10.9. The molecule has 0 bridgehead atoms. The van der Waals surface area contributed by atoms with Crippen LogP contribution in [0.15, 0.2) is 0 Å². The van der Waals surface area contributed by atoms with E-state index in [1.54, 1.807) is 0 Å². The zero-order chi connectivity index (χ0) is 14.0. The summed E-state index contributed by atoms with van der Waals surface area (Å²) in [4.78, 5) is 2.46. The Morgan fingerprint density at radius 3 is 1.95 bits per heavy atom. The Kier molecular flexibility index (Phi) is 8.62. The van der Waals surface area contributed by atoms with Crippen molar-refractivity contribution >= 4 is 0 Å². The zero-order valence-corrected chi connectivity index (χ0v) is 12.8. The van der Waals surface area contributed by atoms with Gasteiger partial charge in [-0.05, 0) is 51.6 Å². The molecule has 0 aliphatic heterocycles. The molecule has 114 valence electrons. The maximum absolute atomic E-state index is 5.93. The third-order valence-electron chi connectivity index (χ3n) is 4.32. The molecule has 0 heterocycles. The first-order valence-electron chi connectivity index (χ1n) is 7.84. The molecule has 0 spiro atoms. The van der Waals surface area contributed by atoms with Crippen LogP contribution in [0.25, 0.3) is 0 Å². The van der Waals surface area contributed by atoms with E-state index in [9.17, 15) is 0 Å². The van der Waals surface area contributed by atoms with Gasteiger partial charge >= 0.3 is 0 Å². The van der Waals surface area contributed by atoms with E-state index in [1.165, 1.54) is 25.7 Å². The van der Waals surface area contributed by atoms with Crippen molar-refractivity contribution < 1.29 is 9.47 Å². The monoisotopic (exact) mass is 272 g/mol. The predicted octanol–water partition coefficient (Wildman–Crippen LogP) is 1.88. The van der Waals surface area contributed by atoms with E-state index >= 15 is 0 Å². The minimum absolute atomic E-state index is 0.440. The first-order chi connectivity index (χ1) is 9.26. The standard InChI is InChI=1S/C15H32N2O2/c1-3-18-12-10-17(11-13-19-4-2)9-8-15(14-16)6-5-7-15/h3-14,16H2,1-2H3. The minimum atomic E-state index is 0.440. The topological polar surface area (TPSA) is 47.7 Å². The predicted molar refractivity (Wildman–Crippen MR) is 79.4 cm³/mol. The van der Waals surface area contributed by atoms with E-state index in [0.717, 1.165) is 52.6 Å². The summed E-state index contributed by atoms with van der Waals surface area (Å²) in [7, 11) is 0. The van der Waals surface area contributed by atoms with Gasteiger partial charge in [-0.1, -0.05) is 6.42 Å². The summed E-state index contributed by atoms with van der Waals surface area (Å²) >= 11 is 0. The van der Waals surface area contributed by atoms with Gasteiger partial charge < -0.3 is 15.2 Å². The lowest BCUT2D eigenvalue weighted by atomic mass is 9.66. The van der Waals surface area contributed by atoms with Gasteiger partial charge in [0.1, 0.15) is 0 Å². The molecule has 2 N–H and O–H groups in total. The quantitative estimate of drug-likeness (QED) is 0.551. The van der Waals surface area contributed by atoms with Gasteiger partial charge in [0.15, 0.2) is 0 Å². The van der Waals surface area contributed by atoms with Crippen LogP contribution in [0.2, 0.25) is 0 Å². The third kappa shape index (κ3) is 6.21. The van der Waals surface area contributed by atoms with Crippen molar-refractivity contribution in [2.45, 2.75) is 39.5 Å². The lowest BCUT2D eigenvalue weighted by Crippen LogP contribution is -2.42. The van der Waals surface area contributed by atoms with E-state index in [1.807, 2.05) is 13.8 Å². The van der Waals surface area contributed by atoms with E-state index in [2.05, 4.69) is 4.90 Å². The lowest BCUT2D eigenvalue weighted by Gasteiger charge is -2.42. The Hall–Kier alpha value is -0.160.